The average molecular weight is 608 g/mol. The van der Waals surface area contributed by atoms with Crippen LogP contribution in [0.25, 0.3) is 33.2 Å². The lowest BCUT2D eigenvalue weighted by molar-refractivity contribution is -0.0691. The zero-order valence-electron chi connectivity index (χ0n) is 25.2. The summed E-state index contributed by atoms with van der Waals surface area (Å²) in [6.45, 7) is 6.34. The SMILES string of the molecule is CC1CN(C2COC2)CCN1c1ccc(Nc2cc(-c3cc(F)cc(-c4nncc5ccccc45)c3CO)cn(C)c2=O)nc1. The fraction of sp³-hybridized carbons (Fsp3) is 0.294. The molecule has 0 amide bonds. The van der Waals surface area contributed by atoms with Crippen LogP contribution >= 0.6 is 0 Å². The molecule has 2 aliphatic heterocycles. The number of nitrogens with zero attached hydrogens (tertiary/aromatic N) is 6. The second kappa shape index (κ2) is 12.0. The van der Waals surface area contributed by atoms with E-state index < -0.39 is 5.82 Å². The molecule has 45 heavy (non-hydrogen) atoms. The Hall–Kier alpha value is -4.71. The molecule has 2 aliphatic rings. The van der Waals surface area contributed by atoms with Crippen LogP contribution in [0.4, 0.5) is 21.6 Å². The first-order valence-electron chi connectivity index (χ1n) is 15.1. The third-order valence-electron chi connectivity index (χ3n) is 8.83. The highest BCUT2D eigenvalue weighted by molar-refractivity contribution is 5.95. The maximum atomic E-state index is 15.2. The number of benzene rings is 2. The van der Waals surface area contributed by atoms with Crippen molar-refractivity contribution >= 4 is 28.0 Å². The molecule has 0 saturated carbocycles. The van der Waals surface area contributed by atoms with Crippen LogP contribution in [-0.2, 0) is 18.4 Å². The van der Waals surface area contributed by atoms with Crippen LogP contribution < -0.4 is 15.8 Å². The van der Waals surface area contributed by atoms with E-state index in [4.69, 9.17) is 4.74 Å². The summed E-state index contributed by atoms with van der Waals surface area (Å²) in [7, 11) is 1.64. The van der Waals surface area contributed by atoms with Crippen molar-refractivity contribution in [3.8, 4) is 22.4 Å². The van der Waals surface area contributed by atoms with Gasteiger partial charge in [-0.15, -0.1) is 5.10 Å². The van der Waals surface area contributed by atoms with Gasteiger partial charge in [-0.3, -0.25) is 9.69 Å². The normalized spacial score (nSPS) is 17.4. The molecule has 2 fully saturated rings. The lowest BCUT2D eigenvalue weighted by Crippen LogP contribution is -2.59. The minimum absolute atomic E-state index is 0.267. The molecule has 2 N–H and O–H groups in total. The lowest BCUT2D eigenvalue weighted by Gasteiger charge is -2.46. The van der Waals surface area contributed by atoms with Gasteiger partial charge in [-0.1, -0.05) is 24.3 Å². The van der Waals surface area contributed by atoms with Gasteiger partial charge in [-0.2, -0.15) is 5.10 Å². The van der Waals surface area contributed by atoms with Crippen molar-refractivity contribution in [3.63, 3.8) is 0 Å². The second-order valence-corrected chi connectivity index (χ2v) is 11.7. The number of nitrogens with one attached hydrogen (secondary N) is 1. The third-order valence-corrected chi connectivity index (χ3v) is 8.83. The molecule has 0 spiro atoms. The summed E-state index contributed by atoms with van der Waals surface area (Å²) < 4.78 is 22.0. The number of piperazine rings is 1. The molecular weight excluding hydrogens is 573 g/mol. The summed E-state index contributed by atoms with van der Waals surface area (Å²) in [6, 6.07) is 16.7. The Balaban J connectivity index is 1.19. The molecule has 0 bridgehead atoms. The monoisotopic (exact) mass is 607 g/mol. The molecule has 1 unspecified atom stereocenters. The fourth-order valence-electron chi connectivity index (χ4n) is 6.35. The Bertz CT molecular complexity index is 1920. The summed E-state index contributed by atoms with van der Waals surface area (Å²) in [5.41, 5.74) is 3.43. The Labute approximate surface area is 259 Å². The summed E-state index contributed by atoms with van der Waals surface area (Å²) in [5, 5.41) is 23.8. The van der Waals surface area contributed by atoms with E-state index in [2.05, 4.69) is 37.2 Å². The topological polar surface area (TPSA) is 109 Å². The van der Waals surface area contributed by atoms with Gasteiger partial charge in [0.25, 0.3) is 5.56 Å². The van der Waals surface area contributed by atoms with Crippen molar-refractivity contribution in [3.05, 3.63) is 94.9 Å². The number of ether oxygens (including phenoxy) is 1. The van der Waals surface area contributed by atoms with Crippen LogP contribution in [0.15, 0.2) is 78.0 Å². The minimum atomic E-state index is -0.497. The predicted molar refractivity (Wildman–Crippen MR) is 172 cm³/mol. The predicted octanol–water partition coefficient (Wildman–Crippen LogP) is 4.34. The number of hydrogen-bond acceptors (Lipinski definition) is 9. The molecule has 0 aliphatic carbocycles. The van der Waals surface area contributed by atoms with E-state index in [9.17, 15) is 9.90 Å². The average Bonchev–Trinajstić information content (AvgIpc) is 3.02. The zero-order valence-corrected chi connectivity index (χ0v) is 25.2. The van der Waals surface area contributed by atoms with Crippen LogP contribution in [0.2, 0.25) is 0 Å². The zero-order chi connectivity index (χ0) is 31.1. The molecule has 7 rings (SSSR count). The summed E-state index contributed by atoms with van der Waals surface area (Å²) >= 11 is 0. The van der Waals surface area contributed by atoms with Gasteiger partial charge in [0.15, 0.2) is 0 Å². The summed E-state index contributed by atoms with van der Waals surface area (Å²) in [5.74, 6) is 0.0166. The van der Waals surface area contributed by atoms with Gasteiger partial charge in [-0.05, 0) is 48.4 Å². The first-order valence-corrected chi connectivity index (χ1v) is 15.1. The van der Waals surface area contributed by atoms with E-state index in [0.29, 0.717) is 45.8 Å². The van der Waals surface area contributed by atoms with Crippen LogP contribution in [0.3, 0.4) is 0 Å². The highest BCUT2D eigenvalue weighted by atomic mass is 19.1. The van der Waals surface area contributed by atoms with E-state index >= 15 is 4.39 Å². The van der Waals surface area contributed by atoms with E-state index in [1.165, 1.54) is 16.7 Å². The highest BCUT2D eigenvalue weighted by Gasteiger charge is 2.32. The molecule has 11 heteroatoms. The van der Waals surface area contributed by atoms with Gasteiger partial charge in [0.2, 0.25) is 0 Å². The molecule has 2 saturated heterocycles. The van der Waals surface area contributed by atoms with E-state index in [1.54, 1.807) is 25.5 Å². The smallest absolute Gasteiger partial charge is 0.274 e. The number of aliphatic hydroxyl groups excluding tert-OH is 1. The number of aromatic nitrogens is 4. The van der Waals surface area contributed by atoms with Crippen LogP contribution in [0.1, 0.15) is 12.5 Å². The molecule has 2 aromatic carbocycles. The lowest BCUT2D eigenvalue weighted by atomic mass is 9.93. The molecule has 1 atom stereocenters. The number of halogens is 1. The van der Waals surface area contributed by atoms with Crippen molar-refractivity contribution in [2.45, 2.75) is 25.6 Å². The number of rotatable bonds is 7. The molecule has 5 heterocycles. The summed E-state index contributed by atoms with van der Waals surface area (Å²) in [6.07, 6.45) is 5.10. The molecule has 0 radical (unpaired) electrons. The first kappa shape index (κ1) is 29.0. The number of hydrogen-bond donors (Lipinski definition) is 2. The molecular formula is C34H34FN7O3. The van der Waals surface area contributed by atoms with Gasteiger partial charge < -0.3 is 24.6 Å². The van der Waals surface area contributed by atoms with Gasteiger partial charge in [0, 0.05) is 60.8 Å². The van der Waals surface area contributed by atoms with Crippen molar-refractivity contribution in [1.29, 1.82) is 0 Å². The number of aryl methyl sites for hydroxylation is 1. The van der Waals surface area contributed by atoms with E-state index in [0.717, 1.165) is 49.3 Å². The molecule has 230 valence electrons. The minimum Gasteiger partial charge on any atom is -0.392 e. The van der Waals surface area contributed by atoms with Crippen molar-refractivity contribution < 1.29 is 14.2 Å². The number of aliphatic hydroxyl groups is 1. The maximum absolute atomic E-state index is 15.2. The number of fused-ring (bicyclic) bond motifs is 1. The largest absolute Gasteiger partial charge is 0.392 e. The van der Waals surface area contributed by atoms with Gasteiger partial charge in [0.05, 0.1) is 43.9 Å². The Morgan fingerprint density at radius 3 is 2.62 bits per heavy atom. The Kier molecular flexibility index (Phi) is 7.74. The standard InChI is InChI=1S/C34H34FN7O3/c1-21-16-41(26-19-45-20-26)9-10-42(21)25-7-8-32(36-15-25)38-31-11-23(17-40(2)34(31)44)28-12-24(35)13-29(30(28)18-43)33-27-6-4-3-5-22(27)14-37-39-33/h3-8,11-15,17,21,26,43H,9-10,16,18-20H2,1-2H3,(H,36,38). The van der Waals surface area contributed by atoms with Crippen LogP contribution in [-0.4, -0.2) is 74.7 Å². The van der Waals surface area contributed by atoms with E-state index in [1.807, 2.05) is 42.6 Å². The number of pyridine rings is 2. The molecule has 5 aromatic rings. The maximum Gasteiger partial charge on any atom is 0.274 e. The Morgan fingerprint density at radius 2 is 1.89 bits per heavy atom. The van der Waals surface area contributed by atoms with Gasteiger partial charge >= 0.3 is 0 Å². The molecule has 3 aromatic heterocycles. The van der Waals surface area contributed by atoms with Crippen LogP contribution in [0, 0.1) is 5.82 Å². The second-order valence-electron chi connectivity index (χ2n) is 11.7. The van der Waals surface area contributed by atoms with Crippen molar-refractivity contribution in [2.75, 3.05) is 43.1 Å². The van der Waals surface area contributed by atoms with Crippen LogP contribution in [0.5, 0.6) is 0 Å². The quantitative estimate of drug-likeness (QED) is 0.279. The third kappa shape index (κ3) is 5.54. The van der Waals surface area contributed by atoms with Crippen molar-refractivity contribution in [2.24, 2.45) is 7.05 Å². The molecule has 10 nitrogen and oxygen atoms in total. The van der Waals surface area contributed by atoms with Crippen molar-refractivity contribution in [1.82, 2.24) is 24.6 Å². The Morgan fingerprint density at radius 1 is 1.07 bits per heavy atom. The van der Waals surface area contributed by atoms with E-state index in [-0.39, 0.29) is 17.9 Å². The highest BCUT2D eigenvalue weighted by Crippen LogP contribution is 2.36. The fourth-order valence-corrected chi connectivity index (χ4v) is 6.35. The van der Waals surface area contributed by atoms with Gasteiger partial charge in [0.1, 0.15) is 23.0 Å². The first-order chi connectivity index (χ1) is 21.9. The summed E-state index contributed by atoms with van der Waals surface area (Å²) in [4.78, 5) is 22.7. The number of anilines is 3. The van der Waals surface area contributed by atoms with Gasteiger partial charge in [-0.25, -0.2) is 9.37 Å².